The maximum atomic E-state index is 11.3. The fourth-order valence-corrected chi connectivity index (χ4v) is 1.65. The number of carbonyl (C=O) groups excluding carboxylic acids is 1. The van der Waals surface area contributed by atoms with Crippen molar-refractivity contribution < 1.29 is 4.79 Å². The van der Waals surface area contributed by atoms with Crippen molar-refractivity contribution >= 4 is 5.78 Å². The molecule has 0 heterocycles. The molecule has 0 aromatic heterocycles. The first-order valence-corrected chi connectivity index (χ1v) is 4.84. The molecule has 1 atom stereocenters. The molecule has 0 saturated carbocycles. The monoisotopic (exact) mass is 166 g/mol. The number of hydrogen-bond acceptors (Lipinski definition) is 1. The molecule has 1 aliphatic rings. The van der Waals surface area contributed by atoms with Crippen LogP contribution in [0, 0.1) is 5.41 Å². The molecule has 0 N–H and O–H groups in total. The molecule has 12 heavy (non-hydrogen) atoms. The molecule has 1 rings (SSSR count). The van der Waals surface area contributed by atoms with Gasteiger partial charge in [-0.2, -0.15) is 0 Å². The second-order valence-electron chi connectivity index (χ2n) is 3.98. The molecule has 0 aliphatic heterocycles. The molecular weight excluding hydrogens is 148 g/mol. The molecule has 0 saturated heterocycles. The molecule has 0 aromatic rings. The summed E-state index contributed by atoms with van der Waals surface area (Å²) in [5.74, 6) is 0.306. The van der Waals surface area contributed by atoms with Crippen LogP contribution in [0.3, 0.4) is 0 Å². The molecule has 1 aliphatic carbocycles. The minimum atomic E-state index is -0.166. The Balaban J connectivity index is 2.71. The summed E-state index contributed by atoms with van der Waals surface area (Å²) in [6.45, 7) is 3.75. The number of carbonyl (C=O) groups is 1. The SMILES string of the molecule is CC(=O)C1(C)/C=C/CCCCC1. The average molecular weight is 166 g/mol. The predicted octanol–water partition coefficient (Wildman–Crippen LogP) is 3.10. The number of rotatable bonds is 1. The van der Waals surface area contributed by atoms with Crippen molar-refractivity contribution in [2.45, 2.75) is 46.0 Å². The quantitative estimate of drug-likeness (QED) is 0.547. The zero-order chi connectivity index (χ0) is 9.03. The highest BCUT2D eigenvalue weighted by molar-refractivity contribution is 5.83. The van der Waals surface area contributed by atoms with Crippen molar-refractivity contribution in [1.82, 2.24) is 0 Å². The van der Waals surface area contributed by atoms with Crippen LogP contribution in [0.25, 0.3) is 0 Å². The van der Waals surface area contributed by atoms with E-state index in [0.29, 0.717) is 5.78 Å². The van der Waals surface area contributed by atoms with Gasteiger partial charge in [0, 0.05) is 5.41 Å². The lowest BCUT2D eigenvalue weighted by Gasteiger charge is -2.24. The first-order chi connectivity index (χ1) is 5.65. The summed E-state index contributed by atoms with van der Waals surface area (Å²) in [7, 11) is 0. The average Bonchev–Trinajstić information content (AvgIpc) is 1.97. The van der Waals surface area contributed by atoms with E-state index in [1.54, 1.807) is 6.92 Å². The second-order valence-corrected chi connectivity index (χ2v) is 3.98. The lowest BCUT2D eigenvalue weighted by molar-refractivity contribution is -0.123. The van der Waals surface area contributed by atoms with E-state index in [-0.39, 0.29) is 5.41 Å². The van der Waals surface area contributed by atoms with Crippen LogP contribution in [0.4, 0.5) is 0 Å². The minimum Gasteiger partial charge on any atom is -0.299 e. The molecule has 0 amide bonds. The maximum Gasteiger partial charge on any atom is 0.139 e. The highest BCUT2D eigenvalue weighted by atomic mass is 16.1. The maximum absolute atomic E-state index is 11.3. The molecule has 0 spiro atoms. The van der Waals surface area contributed by atoms with Gasteiger partial charge in [-0.15, -0.1) is 0 Å². The van der Waals surface area contributed by atoms with Crippen LogP contribution in [-0.4, -0.2) is 5.78 Å². The van der Waals surface area contributed by atoms with Gasteiger partial charge in [0.15, 0.2) is 0 Å². The fraction of sp³-hybridized carbons (Fsp3) is 0.727. The van der Waals surface area contributed by atoms with E-state index in [1.807, 2.05) is 0 Å². The van der Waals surface area contributed by atoms with Crippen LogP contribution >= 0.6 is 0 Å². The Kier molecular flexibility index (Phi) is 3.07. The van der Waals surface area contributed by atoms with Crippen LogP contribution in [-0.2, 0) is 4.79 Å². The fourth-order valence-electron chi connectivity index (χ4n) is 1.65. The van der Waals surface area contributed by atoms with Crippen LogP contribution in [0.1, 0.15) is 46.0 Å². The van der Waals surface area contributed by atoms with Crippen molar-refractivity contribution in [3.8, 4) is 0 Å². The standard InChI is InChI=1S/C11H18O/c1-10(12)11(2)8-6-4-3-5-7-9-11/h6,8H,3-5,7,9H2,1-2H3/b8-6+. The molecular formula is C11H18O. The summed E-state index contributed by atoms with van der Waals surface area (Å²) >= 11 is 0. The van der Waals surface area contributed by atoms with Crippen molar-refractivity contribution in [2.24, 2.45) is 5.41 Å². The molecule has 1 nitrogen and oxygen atoms in total. The predicted molar refractivity (Wildman–Crippen MR) is 51.0 cm³/mol. The van der Waals surface area contributed by atoms with Crippen molar-refractivity contribution in [2.75, 3.05) is 0 Å². The van der Waals surface area contributed by atoms with Crippen molar-refractivity contribution in [3.05, 3.63) is 12.2 Å². The highest BCUT2D eigenvalue weighted by Gasteiger charge is 2.26. The van der Waals surface area contributed by atoms with Crippen LogP contribution < -0.4 is 0 Å². The van der Waals surface area contributed by atoms with E-state index in [0.717, 1.165) is 12.8 Å². The smallest absolute Gasteiger partial charge is 0.139 e. The molecule has 0 radical (unpaired) electrons. The van der Waals surface area contributed by atoms with Gasteiger partial charge in [-0.3, -0.25) is 4.79 Å². The van der Waals surface area contributed by atoms with Gasteiger partial charge in [-0.25, -0.2) is 0 Å². The van der Waals surface area contributed by atoms with Gasteiger partial charge >= 0.3 is 0 Å². The highest BCUT2D eigenvalue weighted by Crippen LogP contribution is 2.29. The third kappa shape index (κ3) is 2.20. The Morgan fingerprint density at radius 2 is 2.08 bits per heavy atom. The van der Waals surface area contributed by atoms with E-state index >= 15 is 0 Å². The van der Waals surface area contributed by atoms with E-state index < -0.39 is 0 Å². The van der Waals surface area contributed by atoms with E-state index in [2.05, 4.69) is 19.1 Å². The number of Topliss-reactive ketones (excluding diaryl/α,β-unsaturated/α-hetero) is 1. The Morgan fingerprint density at radius 3 is 2.75 bits per heavy atom. The van der Waals surface area contributed by atoms with Crippen LogP contribution in [0.2, 0.25) is 0 Å². The lowest BCUT2D eigenvalue weighted by atomic mass is 9.79. The molecule has 1 unspecified atom stereocenters. The zero-order valence-corrected chi connectivity index (χ0v) is 8.10. The Bertz CT molecular complexity index is 193. The first-order valence-electron chi connectivity index (χ1n) is 4.84. The zero-order valence-electron chi connectivity index (χ0n) is 8.10. The van der Waals surface area contributed by atoms with E-state index in [9.17, 15) is 4.79 Å². The van der Waals surface area contributed by atoms with Crippen LogP contribution in [0.5, 0.6) is 0 Å². The third-order valence-corrected chi connectivity index (χ3v) is 2.86. The van der Waals surface area contributed by atoms with Crippen LogP contribution in [0.15, 0.2) is 12.2 Å². The van der Waals surface area contributed by atoms with Crippen molar-refractivity contribution in [3.63, 3.8) is 0 Å². The summed E-state index contributed by atoms with van der Waals surface area (Å²) in [6, 6.07) is 0. The van der Waals surface area contributed by atoms with Gasteiger partial charge in [0.1, 0.15) is 5.78 Å². The summed E-state index contributed by atoms with van der Waals surface area (Å²) < 4.78 is 0. The molecule has 0 fully saturated rings. The summed E-state index contributed by atoms with van der Waals surface area (Å²) in [5.41, 5.74) is -0.166. The Labute approximate surface area is 74.9 Å². The molecule has 0 aromatic carbocycles. The largest absolute Gasteiger partial charge is 0.299 e. The number of hydrogen-bond donors (Lipinski definition) is 0. The Morgan fingerprint density at radius 1 is 1.33 bits per heavy atom. The second kappa shape index (κ2) is 3.88. The summed E-state index contributed by atoms with van der Waals surface area (Å²) in [6.07, 6.45) is 10.2. The first kappa shape index (κ1) is 9.50. The van der Waals surface area contributed by atoms with E-state index in [4.69, 9.17) is 0 Å². The van der Waals surface area contributed by atoms with Gasteiger partial charge in [-0.05, 0) is 33.1 Å². The normalized spacial score (nSPS) is 33.5. The molecule has 68 valence electrons. The van der Waals surface area contributed by atoms with Gasteiger partial charge in [0.05, 0.1) is 0 Å². The number of allylic oxidation sites excluding steroid dienone is 2. The molecule has 1 heteroatoms. The van der Waals surface area contributed by atoms with Crippen molar-refractivity contribution in [1.29, 1.82) is 0 Å². The number of ketones is 1. The topological polar surface area (TPSA) is 17.1 Å². The van der Waals surface area contributed by atoms with Gasteiger partial charge < -0.3 is 0 Å². The molecule has 0 bridgehead atoms. The summed E-state index contributed by atoms with van der Waals surface area (Å²) in [5, 5.41) is 0. The Hall–Kier alpha value is -0.590. The lowest BCUT2D eigenvalue weighted by Crippen LogP contribution is -2.23. The van der Waals surface area contributed by atoms with Gasteiger partial charge in [0.25, 0.3) is 0 Å². The minimum absolute atomic E-state index is 0.166. The van der Waals surface area contributed by atoms with Gasteiger partial charge in [0.2, 0.25) is 0 Å². The van der Waals surface area contributed by atoms with E-state index in [1.165, 1.54) is 19.3 Å². The third-order valence-electron chi connectivity index (χ3n) is 2.86. The summed E-state index contributed by atoms with van der Waals surface area (Å²) in [4.78, 5) is 11.3. The van der Waals surface area contributed by atoms with Gasteiger partial charge in [-0.1, -0.05) is 25.0 Å².